The van der Waals surface area contributed by atoms with Crippen LogP contribution in [0, 0.1) is 0 Å². The summed E-state index contributed by atoms with van der Waals surface area (Å²) in [6.45, 7) is -0.100. The topological polar surface area (TPSA) is 77.0 Å². The molecule has 2 aromatic rings. The second kappa shape index (κ2) is 4.20. The Kier molecular flexibility index (Phi) is 2.75. The molecule has 0 amide bonds. The first-order valence-corrected chi connectivity index (χ1v) is 4.62. The van der Waals surface area contributed by atoms with Crippen LogP contribution in [0.5, 0.6) is 0 Å². The number of pyridine rings is 1. The van der Waals surface area contributed by atoms with Gasteiger partial charge in [0, 0.05) is 18.1 Å². The average Bonchev–Trinajstić information content (AvgIpc) is 2.78. The van der Waals surface area contributed by atoms with Crippen molar-refractivity contribution in [1.82, 2.24) is 14.5 Å². The van der Waals surface area contributed by atoms with Crippen molar-refractivity contribution < 1.29 is 5.11 Å². The predicted molar refractivity (Wildman–Crippen MR) is 55.4 cm³/mol. The molecule has 0 fully saturated rings. The number of aliphatic hydroxyl groups excluding tert-OH is 1. The minimum Gasteiger partial charge on any atom is -0.394 e. The molecule has 5 heteroatoms. The molecule has 2 aromatic heterocycles. The van der Waals surface area contributed by atoms with Crippen LogP contribution in [0.1, 0.15) is 11.7 Å². The third-order valence-electron chi connectivity index (χ3n) is 2.18. The molecular formula is C10H12N4O. The number of hydrogen-bond acceptors (Lipinski definition) is 4. The summed E-state index contributed by atoms with van der Waals surface area (Å²) in [5, 5.41) is 9.00. The molecule has 0 saturated carbocycles. The molecule has 78 valence electrons. The summed E-state index contributed by atoms with van der Waals surface area (Å²) in [6, 6.07) is 3.30. The van der Waals surface area contributed by atoms with Gasteiger partial charge in [0.25, 0.3) is 0 Å². The zero-order valence-electron chi connectivity index (χ0n) is 8.11. The quantitative estimate of drug-likeness (QED) is 0.751. The van der Waals surface area contributed by atoms with E-state index in [0.717, 1.165) is 11.4 Å². The van der Waals surface area contributed by atoms with Crippen LogP contribution >= 0.6 is 0 Å². The first-order valence-electron chi connectivity index (χ1n) is 4.62. The van der Waals surface area contributed by atoms with E-state index >= 15 is 0 Å². The zero-order chi connectivity index (χ0) is 10.7. The van der Waals surface area contributed by atoms with Crippen molar-refractivity contribution in [3.63, 3.8) is 0 Å². The second-order valence-electron chi connectivity index (χ2n) is 3.18. The molecule has 0 aliphatic rings. The van der Waals surface area contributed by atoms with E-state index in [0.29, 0.717) is 0 Å². The third kappa shape index (κ3) is 1.88. The van der Waals surface area contributed by atoms with Crippen LogP contribution in [0.4, 0.5) is 0 Å². The Morgan fingerprint density at radius 2 is 2.07 bits per heavy atom. The van der Waals surface area contributed by atoms with Crippen molar-refractivity contribution in [3.8, 4) is 5.69 Å². The number of hydrogen-bond donors (Lipinski definition) is 2. The largest absolute Gasteiger partial charge is 0.394 e. The second-order valence-corrected chi connectivity index (χ2v) is 3.18. The highest BCUT2D eigenvalue weighted by atomic mass is 16.3. The molecule has 0 spiro atoms. The fourth-order valence-corrected chi connectivity index (χ4v) is 1.39. The number of nitrogens with two attached hydrogens (primary N) is 1. The molecule has 2 heterocycles. The standard InChI is InChI=1S/C10H12N4O/c11-9(6-15)10-5-13-7-14(10)8-1-3-12-4-2-8/h1-5,7,9,15H,6,11H2. The Balaban J connectivity index is 2.41. The lowest BCUT2D eigenvalue weighted by molar-refractivity contribution is 0.265. The van der Waals surface area contributed by atoms with E-state index in [9.17, 15) is 0 Å². The van der Waals surface area contributed by atoms with Gasteiger partial charge in [0.1, 0.15) is 0 Å². The summed E-state index contributed by atoms with van der Waals surface area (Å²) < 4.78 is 1.84. The maximum absolute atomic E-state index is 9.00. The van der Waals surface area contributed by atoms with Gasteiger partial charge in [-0.15, -0.1) is 0 Å². The molecule has 1 unspecified atom stereocenters. The van der Waals surface area contributed by atoms with Gasteiger partial charge < -0.3 is 15.4 Å². The fraction of sp³-hybridized carbons (Fsp3) is 0.200. The number of imidazole rings is 1. The van der Waals surface area contributed by atoms with E-state index in [-0.39, 0.29) is 6.61 Å². The molecule has 1 atom stereocenters. The molecule has 0 aromatic carbocycles. The fourth-order valence-electron chi connectivity index (χ4n) is 1.39. The molecular weight excluding hydrogens is 192 g/mol. The van der Waals surface area contributed by atoms with Gasteiger partial charge in [-0.25, -0.2) is 4.98 Å². The lowest BCUT2D eigenvalue weighted by Gasteiger charge is -2.11. The number of rotatable bonds is 3. The minimum atomic E-state index is -0.416. The van der Waals surface area contributed by atoms with Gasteiger partial charge in [-0.1, -0.05) is 0 Å². The van der Waals surface area contributed by atoms with Gasteiger partial charge in [0.05, 0.1) is 30.9 Å². The maximum atomic E-state index is 9.00. The maximum Gasteiger partial charge on any atom is 0.0994 e. The highest BCUT2D eigenvalue weighted by Gasteiger charge is 2.10. The van der Waals surface area contributed by atoms with E-state index in [2.05, 4.69) is 9.97 Å². The van der Waals surface area contributed by atoms with Crippen LogP contribution in [-0.4, -0.2) is 26.2 Å². The van der Waals surface area contributed by atoms with Crippen LogP contribution in [-0.2, 0) is 0 Å². The van der Waals surface area contributed by atoms with Gasteiger partial charge in [0.15, 0.2) is 0 Å². The smallest absolute Gasteiger partial charge is 0.0994 e. The minimum absolute atomic E-state index is 0.100. The van der Waals surface area contributed by atoms with Crippen LogP contribution in [0.3, 0.4) is 0 Å². The summed E-state index contributed by atoms with van der Waals surface area (Å²) >= 11 is 0. The summed E-state index contributed by atoms with van der Waals surface area (Å²) in [4.78, 5) is 7.95. The first-order chi connectivity index (χ1) is 7.33. The molecule has 5 nitrogen and oxygen atoms in total. The number of aromatic nitrogens is 3. The summed E-state index contributed by atoms with van der Waals surface area (Å²) in [6.07, 6.45) is 6.72. The van der Waals surface area contributed by atoms with E-state index in [1.807, 2.05) is 16.7 Å². The van der Waals surface area contributed by atoms with Crippen LogP contribution in [0.25, 0.3) is 5.69 Å². The lowest BCUT2D eigenvalue weighted by atomic mass is 10.2. The molecule has 15 heavy (non-hydrogen) atoms. The SMILES string of the molecule is NC(CO)c1cncn1-c1ccncc1. The first kappa shape index (κ1) is 9.82. The molecule has 2 rings (SSSR count). The molecule has 0 bridgehead atoms. The number of nitrogens with zero attached hydrogens (tertiary/aromatic N) is 3. The van der Waals surface area contributed by atoms with Crippen molar-refractivity contribution in [3.05, 3.63) is 42.7 Å². The van der Waals surface area contributed by atoms with Crippen molar-refractivity contribution in [2.75, 3.05) is 6.61 Å². The molecule has 3 N–H and O–H groups in total. The van der Waals surface area contributed by atoms with Crippen molar-refractivity contribution in [2.45, 2.75) is 6.04 Å². The van der Waals surface area contributed by atoms with E-state index in [4.69, 9.17) is 10.8 Å². The van der Waals surface area contributed by atoms with Crippen molar-refractivity contribution in [2.24, 2.45) is 5.73 Å². The monoisotopic (exact) mass is 204 g/mol. The lowest BCUT2D eigenvalue weighted by Crippen LogP contribution is -2.17. The highest BCUT2D eigenvalue weighted by Crippen LogP contribution is 2.14. The van der Waals surface area contributed by atoms with Crippen molar-refractivity contribution >= 4 is 0 Å². The normalized spacial score (nSPS) is 12.7. The molecule has 0 aliphatic heterocycles. The van der Waals surface area contributed by atoms with Crippen LogP contribution in [0.15, 0.2) is 37.1 Å². The van der Waals surface area contributed by atoms with Crippen LogP contribution < -0.4 is 5.73 Å². The van der Waals surface area contributed by atoms with Gasteiger partial charge in [-0.2, -0.15) is 0 Å². The van der Waals surface area contributed by atoms with Gasteiger partial charge >= 0.3 is 0 Å². The van der Waals surface area contributed by atoms with Gasteiger partial charge in [-0.05, 0) is 12.1 Å². The Labute approximate surface area is 87.2 Å². The van der Waals surface area contributed by atoms with Gasteiger partial charge in [0.2, 0.25) is 0 Å². The predicted octanol–water partition coefficient (Wildman–Crippen LogP) is 0.259. The third-order valence-corrected chi connectivity index (χ3v) is 2.18. The molecule has 0 saturated heterocycles. The average molecular weight is 204 g/mol. The van der Waals surface area contributed by atoms with E-state index in [1.165, 1.54) is 0 Å². The highest BCUT2D eigenvalue weighted by molar-refractivity contribution is 5.32. The van der Waals surface area contributed by atoms with Crippen LogP contribution in [0.2, 0.25) is 0 Å². The Morgan fingerprint density at radius 1 is 1.33 bits per heavy atom. The van der Waals surface area contributed by atoms with Gasteiger partial charge in [-0.3, -0.25) is 4.98 Å². The Bertz CT molecular complexity index is 426. The molecule has 0 radical (unpaired) electrons. The van der Waals surface area contributed by atoms with E-state index in [1.54, 1.807) is 24.9 Å². The molecule has 0 aliphatic carbocycles. The number of aliphatic hydroxyl groups is 1. The summed E-state index contributed by atoms with van der Waals surface area (Å²) in [5.74, 6) is 0. The summed E-state index contributed by atoms with van der Waals surface area (Å²) in [5.41, 5.74) is 7.46. The Morgan fingerprint density at radius 3 is 2.73 bits per heavy atom. The summed E-state index contributed by atoms with van der Waals surface area (Å²) in [7, 11) is 0. The zero-order valence-corrected chi connectivity index (χ0v) is 8.11. The Hall–Kier alpha value is -1.72. The van der Waals surface area contributed by atoms with Crippen molar-refractivity contribution in [1.29, 1.82) is 0 Å². The van der Waals surface area contributed by atoms with E-state index < -0.39 is 6.04 Å².